The SMILES string of the molecule is CCOc1cc(/C=C2\SC(=O)N(Cc3ccccc3Br)C2=O)cc(I)c1OS(=O)(=O)c1ccc(NC(C)=O)cc1. The van der Waals surface area contributed by atoms with Crippen LogP contribution in [0.2, 0.25) is 0 Å². The number of nitrogens with one attached hydrogen (secondary N) is 1. The fraction of sp³-hybridized carbons (Fsp3) is 0.148. The highest BCUT2D eigenvalue weighted by Gasteiger charge is 2.35. The second kappa shape index (κ2) is 12.7. The largest absolute Gasteiger partial charge is 0.490 e. The molecule has 1 saturated heterocycles. The minimum atomic E-state index is -4.24. The van der Waals surface area contributed by atoms with E-state index in [9.17, 15) is 22.8 Å². The maximum Gasteiger partial charge on any atom is 0.339 e. The molecule has 13 heteroatoms. The molecule has 3 aromatic rings. The molecular formula is C27H22BrIN2O7S2. The van der Waals surface area contributed by atoms with E-state index in [4.69, 9.17) is 8.92 Å². The number of amides is 3. The van der Waals surface area contributed by atoms with Crippen molar-refractivity contribution >= 4 is 89.2 Å². The minimum absolute atomic E-state index is 0.00688. The van der Waals surface area contributed by atoms with Gasteiger partial charge in [-0.3, -0.25) is 19.3 Å². The van der Waals surface area contributed by atoms with Crippen LogP contribution in [0.3, 0.4) is 0 Å². The summed E-state index contributed by atoms with van der Waals surface area (Å²) in [5, 5.41) is 2.19. The second-order valence-electron chi connectivity index (χ2n) is 8.37. The number of thioether (sulfide) groups is 1. The van der Waals surface area contributed by atoms with E-state index in [0.717, 1.165) is 21.8 Å². The van der Waals surface area contributed by atoms with E-state index in [1.807, 2.05) is 46.9 Å². The molecule has 0 aliphatic carbocycles. The zero-order chi connectivity index (χ0) is 29.0. The third-order valence-corrected chi connectivity index (χ3v) is 9.16. The molecule has 0 aromatic heterocycles. The van der Waals surface area contributed by atoms with Gasteiger partial charge in [0.25, 0.3) is 11.1 Å². The van der Waals surface area contributed by atoms with Crippen molar-refractivity contribution < 1.29 is 31.7 Å². The Hall–Kier alpha value is -2.88. The van der Waals surface area contributed by atoms with E-state index in [1.54, 1.807) is 25.1 Å². The Bertz CT molecular complexity index is 1630. The predicted octanol–water partition coefficient (Wildman–Crippen LogP) is 6.42. The Morgan fingerprint density at radius 3 is 2.48 bits per heavy atom. The van der Waals surface area contributed by atoms with Crippen LogP contribution < -0.4 is 14.2 Å². The molecule has 0 unspecified atom stereocenters. The average Bonchev–Trinajstić information content (AvgIpc) is 3.15. The molecule has 9 nitrogen and oxygen atoms in total. The number of benzene rings is 3. The average molecular weight is 757 g/mol. The molecule has 0 spiro atoms. The van der Waals surface area contributed by atoms with Gasteiger partial charge in [0.15, 0.2) is 11.5 Å². The van der Waals surface area contributed by atoms with Crippen molar-refractivity contribution in [1.82, 2.24) is 4.90 Å². The van der Waals surface area contributed by atoms with E-state index >= 15 is 0 Å². The van der Waals surface area contributed by atoms with Gasteiger partial charge < -0.3 is 14.2 Å². The summed E-state index contributed by atoms with van der Waals surface area (Å²) in [6, 6.07) is 16.1. The van der Waals surface area contributed by atoms with E-state index in [2.05, 4.69) is 21.2 Å². The standard InChI is InChI=1S/C27H22BrIN2O7S2/c1-3-37-23-13-17(14-24-26(33)31(27(34)39-24)15-18-6-4-5-7-21(18)28)12-22(29)25(23)38-40(35,36)20-10-8-19(9-11-20)30-16(2)32/h4-14H,3,15H2,1-2H3,(H,30,32)/b24-14-. The van der Waals surface area contributed by atoms with Gasteiger partial charge >= 0.3 is 10.1 Å². The molecule has 1 fully saturated rings. The first kappa shape index (κ1) is 30.1. The fourth-order valence-electron chi connectivity index (χ4n) is 3.67. The van der Waals surface area contributed by atoms with Crippen LogP contribution in [-0.2, 0) is 26.3 Å². The predicted molar refractivity (Wildman–Crippen MR) is 165 cm³/mol. The monoisotopic (exact) mass is 756 g/mol. The number of rotatable bonds is 9. The lowest BCUT2D eigenvalue weighted by Crippen LogP contribution is -2.27. The Balaban J connectivity index is 1.60. The van der Waals surface area contributed by atoms with E-state index < -0.39 is 16.0 Å². The summed E-state index contributed by atoms with van der Waals surface area (Å²) < 4.78 is 38.4. The van der Waals surface area contributed by atoms with Crippen molar-refractivity contribution in [3.63, 3.8) is 0 Å². The zero-order valence-corrected chi connectivity index (χ0v) is 26.5. The molecule has 0 bridgehead atoms. The number of hydrogen-bond acceptors (Lipinski definition) is 8. The Morgan fingerprint density at radius 2 is 1.82 bits per heavy atom. The lowest BCUT2D eigenvalue weighted by Gasteiger charge is -2.15. The number of nitrogens with zero attached hydrogens (tertiary/aromatic N) is 1. The summed E-state index contributed by atoms with van der Waals surface area (Å²) in [5.41, 5.74) is 1.77. The number of anilines is 1. The van der Waals surface area contributed by atoms with E-state index in [1.165, 1.54) is 36.1 Å². The highest BCUT2D eigenvalue weighted by Crippen LogP contribution is 2.39. The summed E-state index contributed by atoms with van der Waals surface area (Å²) in [6.45, 7) is 3.45. The van der Waals surface area contributed by atoms with Gasteiger partial charge in [0.05, 0.1) is 21.6 Å². The van der Waals surface area contributed by atoms with Crippen molar-refractivity contribution in [3.8, 4) is 11.5 Å². The maximum atomic E-state index is 13.1. The van der Waals surface area contributed by atoms with Crippen molar-refractivity contribution in [2.75, 3.05) is 11.9 Å². The molecule has 1 aliphatic heterocycles. The molecule has 3 amide bonds. The van der Waals surface area contributed by atoms with Crippen LogP contribution in [0.1, 0.15) is 25.0 Å². The molecule has 0 atom stereocenters. The zero-order valence-electron chi connectivity index (χ0n) is 21.1. The highest BCUT2D eigenvalue weighted by molar-refractivity contribution is 14.1. The van der Waals surface area contributed by atoms with Gasteiger partial charge in [-0.05, 0) is 101 Å². The highest BCUT2D eigenvalue weighted by atomic mass is 127. The second-order valence-corrected chi connectivity index (χ2v) is 12.9. The lowest BCUT2D eigenvalue weighted by molar-refractivity contribution is -0.123. The Kier molecular flexibility index (Phi) is 9.59. The molecule has 3 aromatic carbocycles. The van der Waals surface area contributed by atoms with Crippen LogP contribution in [-0.4, -0.2) is 37.0 Å². The van der Waals surface area contributed by atoms with Gasteiger partial charge in [0.2, 0.25) is 5.91 Å². The van der Waals surface area contributed by atoms with Gasteiger partial charge in [0.1, 0.15) is 4.90 Å². The van der Waals surface area contributed by atoms with Crippen LogP contribution >= 0.6 is 50.3 Å². The first-order valence-corrected chi connectivity index (χ1v) is 15.9. The van der Waals surface area contributed by atoms with Crippen LogP contribution in [0.15, 0.2) is 74.9 Å². The van der Waals surface area contributed by atoms with Gasteiger partial charge in [0, 0.05) is 17.1 Å². The third kappa shape index (κ3) is 7.06. The number of halogens is 2. The molecule has 208 valence electrons. The molecule has 4 rings (SSSR count). The molecule has 1 heterocycles. The Labute approximate surface area is 257 Å². The van der Waals surface area contributed by atoms with Crippen LogP contribution in [0, 0.1) is 3.57 Å². The maximum absolute atomic E-state index is 13.1. The molecule has 1 aliphatic rings. The van der Waals surface area contributed by atoms with Gasteiger partial charge in [-0.25, -0.2) is 0 Å². The van der Waals surface area contributed by atoms with E-state index in [-0.39, 0.29) is 45.6 Å². The molecule has 40 heavy (non-hydrogen) atoms. The number of carbonyl (C=O) groups is 3. The van der Waals surface area contributed by atoms with Crippen LogP contribution in [0.4, 0.5) is 10.5 Å². The lowest BCUT2D eigenvalue weighted by atomic mass is 10.1. The number of ether oxygens (including phenoxy) is 1. The third-order valence-electron chi connectivity index (χ3n) is 5.45. The van der Waals surface area contributed by atoms with Crippen molar-refractivity contribution in [3.05, 3.63) is 84.7 Å². The summed E-state index contributed by atoms with van der Waals surface area (Å²) in [7, 11) is -4.24. The molecule has 0 saturated carbocycles. The molecule has 0 radical (unpaired) electrons. The smallest absolute Gasteiger partial charge is 0.339 e. The normalized spacial score (nSPS) is 14.5. The Morgan fingerprint density at radius 1 is 1.12 bits per heavy atom. The summed E-state index contributed by atoms with van der Waals surface area (Å²) >= 11 is 6.20. The van der Waals surface area contributed by atoms with Crippen LogP contribution in [0.25, 0.3) is 6.08 Å². The van der Waals surface area contributed by atoms with Gasteiger partial charge in [-0.1, -0.05) is 34.1 Å². The molecule has 1 N–H and O–H groups in total. The van der Waals surface area contributed by atoms with Crippen molar-refractivity contribution in [2.45, 2.75) is 25.3 Å². The summed E-state index contributed by atoms with van der Waals surface area (Å²) in [4.78, 5) is 38.2. The first-order chi connectivity index (χ1) is 19.0. The topological polar surface area (TPSA) is 119 Å². The van der Waals surface area contributed by atoms with Gasteiger partial charge in [-0.15, -0.1) is 0 Å². The number of hydrogen-bond donors (Lipinski definition) is 1. The summed E-state index contributed by atoms with van der Waals surface area (Å²) in [6.07, 6.45) is 1.56. The fourth-order valence-corrected chi connectivity index (χ4v) is 6.76. The van der Waals surface area contributed by atoms with Crippen molar-refractivity contribution in [1.29, 1.82) is 0 Å². The van der Waals surface area contributed by atoms with E-state index in [0.29, 0.717) is 14.8 Å². The first-order valence-electron chi connectivity index (χ1n) is 11.8. The van der Waals surface area contributed by atoms with Crippen LogP contribution in [0.5, 0.6) is 11.5 Å². The molecular weight excluding hydrogens is 735 g/mol. The number of imide groups is 1. The minimum Gasteiger partial charge on any atom is -0.490 e. The quantitative estimate of drug-likeness (QED) is 0.151. The van der Waals surface area contributed by atoms with Crippen molar-refractivity contribution in [2.24, 2.45) is 0 Å². The number of carbonyl (C=O) groups excluding carboxylic acids is 3. The summed E-state index contributed by atoms with van der Waals surface area (Å²) in [5.74, 6) is -0.555. The van der Waals surface area contributed by atoms with Gasteiger partial charge in [-0.2, -0.15) is 8.42 Å².